The third-order valence-electron chi connectivity index (χ3n) is 4.89. The van der Waals surface area contributed by atoms with Gasteiger partial charge in [-0.25, -0.2) is 0 Å². The zero-order valence-corrected chi connectivity index (χ0v) is 16.4. The second kappa shape index (κ2) is 9.36. The van der Waals surface area contributed by atoms with Crippen LogP contribution in [0.25, 0.3) is 0 Å². The van der Waals surface area contributed by atoms with E-state index in [1.54, 1.807) is 18.0 Å². The van der Waals surface area contributed by atoms with E-state index in [2.05, 4.69) is 26.7 Å². The van der Waals surface area contributed by atoms with E-state index in [0.717, 1.165) is 16.9 Å². The van der Waals surface area contributed by atoms with Crippen molar-refractivity contribution in [2.75, 3.05) is 26.7 Å². The number of carbonyl (C=O) groups is 2. The summed E-state index contributed by atoms with van der Waals surface area (Å²) in [7, 11) is 1.65. The highest BCUT2D eigenvalue weighted by molar-refractivity contribution is 5.88. The number of hydrogen-bond acceptors (Lipinski definition) is 5. The highest BCUT2D eigenvalue weighted by Gasteiger charge is 2.31. The summed E-state index contributed by atoms with van der Waals surface area (Å²) in [6.45, 7) is 4.99. The first kappa shape index (κ1) is 19.9. The standard InChI is InChI=1S/C20H27N5O3/c1-15-12-16(4-5-18(15)28-2)14-24-10-7-22-20(27)17(24)13-19(26)21-8-11-25-9-3-6-23-25/h3-6,9,12,17H,7-8,10-11,13-14H2,1-2H3,(H,21,26)(H,22,27). The first-order chi connectivity index (χ1) is 13.6. The van der Waals surface area contributed by atoms with Crippen molar-refractivity contribution in [1.29, 1.82) is 0 Å². The van der Waals surface area contributed by atoms with E-state index in [-0.39, 0.29) is 18.2 Å². The van der Waals surface area contributed by atoms with Crippen LogP contribution in [0.15, 0.2) is 36.7 Å². The van der Waals surface area contributed by atoms with Crippen LogP contribution in [-0.2, 0) is 22.7 Å². The van der Waals surface area contributed by atoms with Gasteiger partial charge in [0.25, 0.3) is 0 Å². The van der Waals surface area contributed by atoms with Crippen LogP contribution in [0, 0.1) is 6.92 Å². The van der Waals surface area contributed by atoms with E-state index in [0.29, 0.717) is 32.7 Å². The molecule has 1 aromatic carbocycles. The molecule has 2 heterocycles. The Bertz CT molecular complexity index is 806. The van der Waals surface area contributed by atoms with Crippen LogP contribution in [0.3, 0.4) is 0 Å². The number of piperazine rings is 1. The molecular weight excluding hydrogens is 358 g/mol. The highest BCUT2D eigenvalue weighted by atomic mass is 16.5. The van der Waals surface area contributed by atoms with Crippen LogP contribution in [0.2, 0.25) is 0 Å². The van der Waals surface area contributed by atoms with Gasteiger partial charge in [0, 0.05) is 38.6 Å². The van der Waals surface area contributed by atoms with Crippen molar-refractivity contribution in [1.82, 2.24) is 25.3 Å². The van der Waals surface area contributed by atoms with Crippen molar-refractivity contribution in [3.63, 3.8) is 0 Å². The van der Waals surface area contributed by atoms with Crippen LogP contribution in [0.4, 0.5) is 0 Å². The van der Waals surface area contributed by atoms with Gasteiger partial charge in [-0.1, -0.05) is 12.1 Å². The molecule has 0 radical (unpaired) electrons. The Hall–Kier alpha value is -2.87. The molecule has 1 aliphatic heterocycles. The number of hydrogen-bond donors (Lipinski definition) is 2. The molecule has 1 aromatic heterocycles. The van der Waals surface area contributed by atoms with Gasteiger partial charge >= 0.3 is 0 Å². The minimum atomic E-state index is -0.471. The van der Waals surface area contributed by atoms with Crippen molar-refractivity contribution < 1.29 is 14.3 Å². The molecule has 8 heteroatoms. The zero-order valence-electron chi connectivity index (χ0n) is 16.4. The Labute approximate surface area is 164 Å². The fraction of sp³-hybridized carbons (Fsp3) is 0.450. The third kappa shape index (κ3) is 5.10. The maximum Gasteiger partial charge on any atom is 0.237 e. The molecule has 28 heavy (non-hydrogen) atoms. The lowest BCUT2D eigenvalue weighted by Gasteiger charge is -2.34. The molecule has 0 bridgehead atoms. The molecule has 8 nitrogen and oxygen atoms in total. The summed E-state index contributed by atoms with van der Waals surface area (Å²) in [6, 6.07) is 7.37. The van der Waals surface area contributed by atoms with E-state index >= 15 is 0 Å². The topological polar surface area (TPSA) is 88.5 Å². The maximum absolute atomic E-state index is 12.4. The van der Waals surface area contributed by atoms with E-state index in [4.69, 9.17) is 4.74 Å². The number of aryl methyl sites for hydroxylation is 1. The Balaban J connectivity index is 1.57. The SMILES string of the molecule is COc1ccc(CN2CCNC(=O)C2CC(=O)NCCn2cccn2)cc1C. The Morgan fingerprint density at radius 3 is 3.00 bits per heavy atom. The van der Waals surface area contributed by atoms with E-state index in [1.165, 1.54) is 0 Å². The molecule has 0 spiro atoms. The Morgan fingerprint density at radius 2 is 2.29 bits per heavy atom. The Kier molecular flexibility index (Phi) is 6.65. The average molecular weight is 385 g/mol. The smallest absolute Gasteiger partial charge is 0.237 e. The molecule has 0 saturated carbocycles. The van der Waals surface area contributed by atoms with Crippen molar-refractivity contribution in [2.24, 2.45) is 0 Å². The number of nitrogens with one attached hydrogen (secondary N) is 2. The van der Waals surface area contributed by atoms with Crippen LogP contribution >= 0.6 is 0 Å². The lowest BCUT2D eigenvalue weighted by atomic mass is 10.1. The number of carbonyl (C=O) groups excluding carboxylic acids is 2. The largest absolute Gasteiger partial charge is 0.496 e. The van der Waals surface area contributed by atoms with Gasteiger partial charge in [0.15, 0.2) is 0 Å². The fourth-order valence-corrected chi connectivity index (χ4v) is 3.44. The van der Waals surface area contributed by atoms with Crippen molar-refractivity contribution in [3.05, 3.63) is 47.8 Å². The summed E-state index contributed by atoms with van der Waals surface area (Å²) in [5.41, 5.74) is 2.14. The summed E-state index contributed by atoms with van der Waals surface area (Å²) in [4.78, 5) is 26.8. The van der Waals surface area contributed by atoms with Gasteiger partial charge < -0.3 is 15.4 Å². The summed E-state index contributed by atoms with van der Waals surface area (Å²) in [5, 5.41) is 9.84. The second-order valence-electron chi connectivity index (χ2n) is 6.90. The van der Waals surface area contributed by atoms with Gasteiger partial charge in [0.05, 0.1) is 26.1 Å². The average Bonchev–Trinajstić information content (AvgIpc) is 3.18. The minimum absolute atomic E-state index is 0.0984. The van der Waals surface area contributed by atoms with Gasteiger partial charge in [0.1, 0.15) is 5.75 Å². The number of aromatic nitrogens is 2. The van der Waals surface area contributed by atoms with Crippen LogP contribution < -0.4 is 15.4 Å². The molecule has 2 amide bonds. The van der Waals surface area contributed by atoms with Crippen molar-refractivity contribution in [3.8, 4) is 5.75 Å². The second-order valence-corrected chi connectivity index (χ2v) is 6.90. The molecule has 2 N–H and O–H groups in total. The molecule has 1 unspecified atom stereocenters. The van der Waals surface area contributed by atoms with Crippen molar-refractivity contribution in [2.45, 2.75) is 32.5 Å². The number of benzene rings is 1. The van der Waals surface area contributed by atoms with Gasteiger partial charge in [0.2, 0.25) is 11.8 Å². The molecule has 1 aliphatic rings. The molecule has 0 aliphatic carbocycles. The summed E-state index contributed by atoms with van der Waals surface area (Å²) in [6.07, 6.45) is 3.69. The number of methoxy groups -OCH3 is 1. The molecule has 150 valence electrons. The molecule has 2 aromatic rings. The maximum atomic E-state index is 12.4. The van der Waals surface area contributed by atoms with Gasteiger partial charge in [-0.3, -0.25) is 19.2 Å². The summed E-state index contributed by atoms with van der Waals surface area (Å²) < 4.78 is 7.06. The first-order valence-corrected chi connectivity index (χ1v) is 9.46. The number of nitrogens with zero attached hydrogens (tertiary/aromatic N) is 3. The molecule has 3 rings (SSSR count). The fourth-order valence-electron chi connectivity index (χ4n) is 3.44. The zero-order chi connectivity index (χ0) is 19.9. The molecule has 1 atom stereocenters. The number of rotatable bonds is 8. The van der Waals surface area contributed by atoms with Crippen LogP contribution in [-0.4, -0.2) is 59.3 Å². The summed E-state index contributed by atoms with van der Waals surface area (Å²) >= 11 is 0. The van der Waals surface area contributed by atoms with E-state index in [9.17, 15) is 9.59 Å². The molecule has 1 fully saturated rings. The van der Waals surface area contributed by atoms with Gasteiger partial charge in [-0.15, -0.1) is 0 Å². The highest BCUT2D eigenvalue weighted by Crippen LogP contribution is 2.21. The first-order valence-electron chi connectivity index (χ1n) is 9.46. The molecular formula is C20H27N5O3. The number of amides is 2. The lowest BCUT2D eigenvalue weighted by molar-refractivity contribution is -0.134. The third-order valence-corrected chi connectivity index (χ3v) is 4.89. The quantitative estimate of drug-likeness (QED) is 0.699. The van der Waals surface area contributed by atoms with Crippen LogP contribution in [0.1, 0.15) is 17.5 Å². The normalized spacial score (nSPS) is 17.2. The Morgan fingerprint density at radius 1 is 1.43 bits per heavy atom. The van der Waals surface area contributed by atoms with Gasteiger partial charge in [-0.2, -0.15) is 5.10 Å². The predicted molar refractivity (Wildman–Crippen MR) is 105 cm³/mol. The summed E-state index contributed by atoms with van der Waals surface area (Å²) in [5.74, 6) is 0.608. The van der Waals surface area contributed by atoms with E-state index in [1.807, 2.05) is 31.3 Å². The van der Waals surface area contributed by atoms with Gasteiger partial charge in [-0.05, 0) is 30.2 Å². The monoisotopic (exact) mass is 385 g/mol. The lowest BCUT2D eigenvalue weighted by Crippen LogP contribution is -2.56. The van der Waals surface area contributed by atoms with Crippen LogP contribution in [0.5, 0.6) is 5.75 Å². The molecule has 1 saturated heterocycles. The number of ether oxygens (including phenoxy) is 1. The predicted octanol–water partition coefficient (Wildman–Crippen LogP) is 0.707. The van der Waals surface area contributed by atoms with E-state index < -0.39 is 6.04 Å². The minimum Gasteiger partial charge on any atom is -0.496 e. The van der Waals surface area contributed by atoms with Crippen molar-refractivity contribution >= 4 is 11.8 Å².